The van der Waals surface area contributed by atoms with Crippen LogP contribution in [0.25, 0.3) is 10.8 Å². The lowest BCUT2D eigenvalue weighted by atomic mass is 10.1. The van der Waals surface area contributed by atoms with E-state index >= 15 is 0 Å². The predicted molar refractivity (Wildman–Crippen MR) is 70.1 cm³/mol. The first-order chi connectivity index (χ1) is 8.38. The van der Waals surface area contributed by atoms with E-state index in [1.807, 2.05) is 6.07 Å². The summed E-state index contributed by atoms with van der Waals surface area (Å²) in [5.74, 6) is -2.14. The number of alkyl halides is 2. The van der Waals surface area contributed by atoms with Crippen molar-refractivity contribution in [2.45, 2.75) is 10.2 Å². The van der Waals surface area contributed by atoms with Gasteiger partial charge in [0.2, 0.25) is 0 Å². The molecule has 0 amide bonds. The minimum absolute atomic E-state index is 0.0284. The van der Waals surface area contributed by atoms with Gasteiger partial charge >= 0.3 is 11.2 Å². The van der Waals surface area contributed by atoms with Crippen LogP contribution in [-0.2, 0) is 4.79 Å². The number of hydrogen-bond donors (Lipinski definition) is 1. The summed E-state index contributed by atoms with van der Waals surface area (Å²) in [6.07, 6.45) is 0. The Balaban J connectivity index is 2.36. The van der Waals surface area contributed by atoms with Gasteiger partial charge in [-0.25, -0.2) is 4.79 Å². The number of fused-ring (bicyclic) bond motifs is 1. The highest BCUT2D eigenvalue weighted by Crippen LogP contribution is 2.37. The summed E-state index contributed by atoms with van der Waals surface area (Å²) in [6, 6.07) is 10.1. The molecule has 0 atom stereocenters. The predicted octanol–water partition coefficient (Wildman–Crippen LogP) is 4.37. The van der Waals surface area contributed by atoms with Crippen molar-refractivity contribution >= 4 is 44.4 Å². The SMILES string of the molecule is O=C(O)C(F)(F)Sc1ccc2cc(Br)ccc2c1. The van der Waals surface area contributed by atoms with E-state index in [9.17, 15) is 13.6 Å². The number of carbonyl (C=O) groups is 1. The second-order valence-corrected chi connectivity index (χ2v) is 5.68. The first-order valence-electron chi connectivity index (χ1n) is 4.88. The van der Waals surface area contributed by atoms with Crippen LogP contribution >= 0.6 is 27.7 Å². The van der Waals surface area contributed by atoms with Crippen molar-refractivity contribution < 1.29 is 18.7 Å². The van der Waals surface area contributed by atoms with Crippen molar-refractivity contribution in [3.8, 4) is 0 Å². The first kappa shape index (κ1) is 13.3. The first-order valence-corrected chi connectivity index (χ1v) is 6.49. The zero-order chi connectivity index (χ0) is 13.3. The van der Waals surface area contributed by atoms with Crippen LogP contribution in [0, 0.1) is 0 Å². The number of rotatable bonds is 3. The van der Waals surface area contributed by atoms with Gasteiger partial charge in [-0.1, -0.05) is 28.1 Å². The summed E-state index contributed by atoms with van der Waals surface area (Å²) < 4.78 is 27.0. The molecule has 2 nitrogen and oxygen atoms in total. The van der Waals surface area contributed by atoms with Crippen LogP contribution < -0.4 is 0 Å². The van der Waals surface area contributed by atoms with Crippen LogP contribution in [0.1, 0.15) is 0 Å². The van der Waals surface area contributed by atoms with E-state index in [1.54, 1.807) is 24.3 Å². The van der Waals surface area contributed by atoms with E-state index in [4.69, 9.17) is 5.11 Å². The lowest BCUT2D eigenvalue weighted by molar-refractivity contribution is -0.152. The van der Waals surface area contributed by atoms with E-state index < -0.39 is 11.2 Å². The molecule has 0 aliphatic heterocycles. The van der Waals surface area contributed by atoms with E-state index in [1.165, 1.54) is 6.07 Å². The van der Waals surface area contributed by atoms with Crippen molar-refractivity contribution in [1.82, 2.24) is 0 Å². The van der Waals surface area contributed by atoms with Gasteiger partial charge in [0.25, 0.3) is 0 Å². The van der Waals surface area contributed by atoms with Crippen molar-refractivity contribution in [3.05, 3.63) is 40.9 Å². The van der Waals surface area contributed by atoms with Gasteiger partial charge in [0, 0.05) is 9.37 Å². The summed E-state index contributed by atoms with van der Waals surface area (Å²) >= 11 is 3.34. The monoisotopic (exact) mass is 332 g/mol. The fourth-order valence-electron chi connectivity index (χ4n) is 1.45. The summed E-state index contributed by atoms with van der Waals surface area (Å²) in [4.78, 5) is 10.6. The highest BCUT2D eigenvalue weighted by atomic mass is 79.9. The molecular formula is C12H7BrF2O2S. The van der Waals surface area contributed by atoms with Crippen molar-refractivity contribution in [2.24, 2.45) is 0 Å². The average Bonchev–Trinajstić information content (AvgIpc) is 2.28. The fraction of sp³-hybridized carbons (Fsp3) is 0.0833. The molecule has 0 radical (unpaired) electrons. The lowest BCUT2D eigenvalue weighted by Crippen LogP contribution is -2.23. The quantitative estimate of drug-likeness (QED) is 0.848. The Kier molecular flexibility index (Phi) is 3.59. The number of thioether (sulfide) groups is 1. The van der Waals surface area contributed by atoms with Gasteiger partial charge in [-0.05, 0) is 46.8 Å². The van der Waals surface area contributed by atoms with Gasteiger partial charge in [0.1, 0.15) is 0 Å². The van der Waals surface area contributed by atoms with Crippen LogP contribution in [0.5, 0.6) is 0 Å². The maximum absolute atomic E-state index is 13.1. The Morgan fingerprint density at radius 3 is 2.44 bits per heavy atom. The summed E-state index contributed by atoms with van der Waals surface area (Å²) in [5, 5.41) is 6.24. The van der Waals surface area contributed by atoms with E-state index in [2.05, 4.69) is 15.9 Å². The normalized spacial score (nSPS) is 11.7. The highest BCUT2D eigenvalue weighted by Gasteiger charge is 2.40. The molecular weight excluding hydrogens is 326 g/mol. The second-order valence-electron chi connectivity index (χ2n) is 3.58. The van der Waals surface area contributed by atoms with Crippen LogP contribution in [0.15, 0.2) is 45.8 Å². The van der Waals surface area contributed by atoms with Gasteiger partial charge in [-0.15, -0.1) is 0 Å². The molecule has 18 heavy (non-hydrogen) atoms. The molecule has 6 heteroatoms. The maximum Gasteiger partial charge on any atom is 0.393 e. The molecule has 0 saturated carbocycles. The van der Waals surface area contributed by atoms with Crippen LogP contribution in [0.2, 0.25) is 0 Å². The van der Waals surface area contributed by atoms with Gasteiger partial charge < -0.3 is 5.11 Å². The molecule has 0 saturated heterocycles. The Morgan fingerprint density at radius 1 is 1.17 bits per heavy atom. The Bertz CT molecular complexity index is 616. The number of hydrogen-bond acceptors (Lipinski definition) is 2. The molecule has 2 aromatic rings. The third-order valence-corrected chi connectivity index (χ3v) is 3.68. The van der Waals surface area contributed by atoms with Gasteiger partial charge in [0.15, 0.2) is 0 Å². The molecule has 0 heterocycles. The van der Waals surface area contributed by atoms with Crippen LogP contribution in [-0.4, -0.2) is 16.3 Å². The minimum Gasteiger partial charge on any atom is -0.476 e. The molecule has 0 bridgehead atoms. The van der Waals surface area contributed by atoms with E-state index in [0.29, 0.717) is 0 Å². The minimum atomic E-state index is -3.82. The van der Waals surface area contributed by atoms with Crippen molar-refractivity contribution in [3.63, 3.8) is 0 Å². The summed E-state index contributed by atoms with van der Waals surface area (Å²) in [7, 11) is 0. The number of halogens is 3. The number of carboxylic acid groups (broad SMARTS) is 1. The number of benzene rings is 2. The zero-order valence-corrected chi connectivity index (χ0v) is 11.3. The maximum atomic E-state index is 13.1. The van der Waals surface area contributed by atoms with E-state index in [0.717, 1.165) is 15.2 Å². The van der Waals surface area contributed by atoms with Crippen molar-refractivity contribution in [1.29, 1.82) is 0 Å². The number of carboxylic acids is 1. The van der Waals surface area contributed by atoms with Crippen LogP contribution in [0.3, 0.4) is 0 Å². The summed E-state index contributed by atoms with van der Waals surface area (Å²) in [5.41, 5.74) is 0. The molecule has 2 rings (SSSR count). The smallest absolute Gasteiger partial charge is 0.393 e. The third-order valence-electron chi connectivity index (χ3n) is 2.27. The fourth-order valence-corrected chi connectivity index (χ4v) is 2.53. The van der Waals surface area contributed by atoms with Crippen LogP contribution in [0.4, 0.5) is 8.78 Å². The topological polar surface area (TPSA) is 37.3 Å². The largest absolute Gasteiger partial charge is 0.476 e. The molecule has 1 N–H and O–H groups in total. The molecule has 94 valence electrons. The van der Waals surface area contributed by atoms with Gasteiger partial charge in [-0.3, -0.25) is 0 Å². The molecule has 2 aromatic carbocycles. The zero-order valence-electron chi connectivity index (χ0n) is 8.86. The molecule has 0 aliphatic carbocycles. The van der Waals surface area contributed by atoms with Gasteiger partial charge in [-0.2, -0.15) is 8.78 Å². The Labute approximate surface area is 114 Å². The Morgan fingerprint density at radius 2 is 1.78 bits per heavy atom. The number of aliphatic carboxylic acids is 1. The van der Waals surface area contributed by atoms with E-state index in [-0.39, 0.29) is 16.7 Å². The Hall–Kier alpha value is -1.14. The lowest BCUT2D eigenvalue weighted by Gasteiger charge is -2.10. The molecule has 0 aliphatic rings. The molecule has 0 spiro atoms. The highest BCUT2D eigenvalue weighted by molar-refractivity contribution is 9.10. The van der Waals surface area contributed by atoms with Gasteiger partial charge in [0.05, 0.1) is 0 Å². The molecule has 0 fully saturated rings. The second kappa shape index (κ2) is 4.85. The standard InChI is InChI=1S/C12H7BrF2O2S/c13-9-3-1-8-6-10(4-2-7(8)5-9)18-12(14,15)11(16)17/h1-6H,(H,16,17). The average molecular weight is 333 g/mol. The summed E-state index contributed by atoms with van der Waals surface area (Å²) in [6.45, 7) is 0. The molecule has 0 unspecified atom stereocenters. The van der Waals surface area contributed by atoms with Crippen molar-refractivity contribution in [2.75, 3.05) is 0 Å². The third kappa shape index (κ3) is 2.81. The molecule has 0 aromatic heterocycles.